The van der Waals surface area contributed by atoms with Crippen LogP contribution in [0.25, 0.3) is 0 Å². The van der Waals surface area contributed by atoms with E-state index < -0.39 is 6.04 Å². The Kier molecular flexibility index (Phi) is 4.27. The Hall–Kier alpha value is -1.75. The van der Waals surface area contributed by atoms with Gasteiger partial charge < -0.3 is 20.7 Å². The van der Waals surface area contributed by atoms with Gasteiger partial charge in [0.2, 0.25) is 5.91 Å². The highest BCUT2D eigenvalue weighted by Crippen LogP contribution is 2.30. The Morgan fingerprint density at radius 1 is 1.53 bits per heavy atom. The van der Waals surface area contributed by atoms with E-state index in [2.05, 4.69) is 10.2 Å². The minimum atomic E-state index is -0.458. The number of hydrogen-bond acceptors (Lipinski definition) is 4. The van der Waals surface area contributed by atoms with Crippen LogP contribution < -0.4 is 20.7 Å². The number of anilines is 1. The molecule has 1 unspecified atom stereocenters. The zero-order chi connectivity index (χ0) is 13.8. The van der Waals surface area contributed by atoms with E-state index in [4.69, 9.17) is 10.5 Å². The first-order valence-electron chi connectivity index (χ1n) is 6.55. The Morgan fingerprint density at radius 2 is 2.26 bits per heavy atom. The number of carbonyl (C=O) groups is 1. The van der Waals surface area contributed by atoms with Crippen LogP contribution in [-0.2, 0) is 4.79 Å². The average Bonchev–Trinajstić information content (AvgIpc) is 2.86. The largest absolute Gasteiger partial charge is 0.495 e. The number of amides is 1. The minimum absolute atomic E-state index is 0.0909. The second-order valence-electron chi connectivity index (χ2n) is 4.90. The van der Waals surface area contributed by atoms with Gasteiger partial charge in [0.05, 0.1) is 18.8 Å². The first kappa shape index (κ1) is 13.7. The number of nitrogens with two attached hydrogens (primary N) is 1. The molecular formula is C14H21N3O2. The molecule has 104 valence electrons. The first-order chi connectivity index (χ1) is 9.11. The van der Waals surface area contributed by atoms with E-state index in [1.807, 2.05) is 24.3 Å². The van der Waals surface area contributed by atoms with E-state index in [9.17, 15) is 4.79 Å². The fourth-order valence-electron chi connectivity index (χ4n) is 2.32. The van der Waals surface area contributed by atoms with Crippen molar-refractivity contribution in [2.24, 2.45) is 5.73 Å². The fourth-order valence-corrected chi connectivity index (χ4v) is 2.32. The number of carbonyl (C=O) groups excluding carboxylic acids is 1. The number of methoxy groups -OCH3 is 1. The van der Waals surface area contributed by atoms with Crippen molar-refractivity contribution in [3.8, 4) is 5.75 Å². The number of ether oxygens (including phenoxy) is 1. The van der Waals surface area contributed by atoms with Gasteiger partial charge in [-0.1, -0.05) is 12.1 Å². The van der Waals surface area contributed by atoms with Gasteiger partial charge in [-0.3, -0.25) is 4.79 Å². The lowest BCUT2D eigenvalue weighted by Gasteiger charge is -2.21. The molecule has 1 aliphatic heterocycles. The molecule has 1 fully saturated rings. The second-order valence-corrected chi connectivity index (χ2v) is 4.90. The smallest absolute Gasteiger partial charge is 0.236 e. The Labute approximate surface area is 113 Å². The van der Waals surface area contributed by atoms with Crippen molar-refractivity contribution in [3.05, 3.63) is 24.3 Å². The standard InChI is InChI=1S/C14H21N3O2/c1-10(15)14(18)16-11-7-8-17(9-11)12-5-3-4-6-13(12)19-2/h3-6,10-11H,7-9,15H2,1-2H3,(H,16,18)/t10-,11?/m1/s1. The summed E-state index contributed by atoms with van der Waals surface area (Å²) in [4.78, 5) is 13.8. The van der Waals surface area contributed by atoms with Gasteiger partial charge in [0, 0.05) is 19.1 Å². The fraction of sp³-hybridized carbons (Fsp3) is 0.500. The summed E-state index contributed by atoms with van der Waals surface area (Å²) in [6.45, 7) is 3.39. The quantitative estimate of drug-likeness (QED) is 0.840. The molecule has 1 heterocycles. The van der Waals surface area contributed by atoms with Gasteiger partial charge in [-0.2, -0.15) is 0 Å². The number of nitrogens with zero attached hydrogens (tertiary/aromatic N) is 1. The molecule has 1 aromatic rings. The van der Waals surface area contributed by atoms with Gasteiger partial charge in [-0.15, -0.1) is 0 Å². The van der Waals surface area contributed by atoms with Gasteiger partial charge in [0.15, 0.2) is 0 Å². The Balaban J connectivity index is 2.00. The van der Waals surface area contributed by atoms with E-state index in [1.54, 1.807) is 14.0 Å². The van der Waals surface area contributed by atoms with Crippen LogP contribution >= 0.6 is 0 Å². The molecule has 19 heavy (non-hydrogen) atoms. The summed E-state index contributed by atoms with van der Waals surface area (Å²) in [5, 5.41) is 2.97. The predicted octanol–water partition coefficient (Wildman–Crippen LogP) is 0.737. The molecule has 5 heteroatoms. The SMILES string of the molecule is COc1ccccc1N1CCC(NC(=O)[C@@H](C)N)C1. The minimum Gasteiger partial charge on any atom is -0.495 e. The van der Waals surface area contributed by atoms with Crippen molar-refractivity contribution in [3.63, 3.8) is 0 Å². The lowest BCUT2D eigenvalue weighted by Crippen LogP contribution is -2.44. The summed E-state index contributed by atoms with van der Waals surface area (Å²) in [7, 11) is 1.67. The molecular weight excluding hydrogens is 242 g/mol. The van der Waals surface area contributed by atoms with Crippen LogP contribution in [0.5, 0.6) is 5.75 Å². The van der Waals surface area contributed by atoms with Crippen molar-refractivity contribution in [1.29, 1.82) is 0 Å². The summed E-state index contributed by atoms with van der Waals surface area (Å²) < 4.78 is 5.36. The van der Waals surface area contributed by atoms with E-state index in [0.717, 1.165) is 30.9 Å². The normalized spacial score (nSPS) is 20.2. The maximum atomic E-state index is 11.6. The van der Waals surface area contributed by atoms with Gasteiger partial charge in [0.1, 0.15) is 5.75 Å². The molecule has 0 aromatic heterocycles. The lowest BCUT2D eigenvalue weighted by atomic mass is 10.2. The van der Waals surface area contributed by atoms with Crippen LogP contribution in [0.1, 0.15) is 13.3 Å². The molecule has 1 amide bonds. The van der Waals surface area contributed by atoms with Crippen molar-refractivity contribution < 1.29 is 9.53 Å². The third-order valence-electron chi connectivity index (χ3n) is 3.37. The van der Waals surface area contributed by atoms with Crippen LogP contribution in [0.15, 0.2) is 24.3 Å². The van der Waals surface area contributed by atoms with Crippen LogP contribution in [0, 0.1) is 0 Å². The van der Waals surface area contributed by atoms with Crippen molar-refractivity contribution >= 4 is 11.6 Å². The third kappa shape index (κ3) is 3.17. The maximum Gasteiger partial charge on any atom is 0.236 e. The molecule has 1 aliphatic rings. The number of benzene rings is 1. The first-order valence-corrected chi connectivity index (χ1v) is 6.55. The molecule has 5 nitrogen and oxygen atoms in total. The van der Waals surface area contributed by atoms with Crippen LogP contribution in [0.3, 0.4) is 0 Å². The average molecular weight is 263 g/mol. The number of nitrogens with one attached hydrogen (secondary N) is 1. The molecule has 1 saturated heterocycles. The zero-order valence-electron chi connectivity index (χ0n) is 11.4. The topological polar surface area (TPSA) is 67.6 Å². The summed E-state index contributed by atoms with van der Waals surface area (Å²) in [6.07, 6.45) is 0.927. The molecule has 0 radical (unpaired) electrons. The molecule has 2 atom stereocenters. The Morgan fingerprint density at radius 3 is 2.95 bits per heavy atom. The summed E-state index contributed by atoms with van der Waals surface area (Å²) in [5.74, 6) is 0.772. The molecule has 0 bridgehead atoms. The summed E-state index contributed by atoms with van der Waals surface area (Å²) in [6, 6.07) is 7.63. The molecule has 0 saturated carbocycles. The van der Waals surface area contributed by atoms with Gasteiger partial charge in [0.25, 0.3) is 0 Å². The van der Waals surface area contributed by atoms with Crippen LogP contribution in [-0.4, -0.2) is 38.2 Å². The van der Waals surface area contributed by atoms with Crippen molar-refractivity contribution in [1.82, 2.24) is 5.32 Å². The van der Waals surface area contributed by atoms with Crippen molar-refractivity contribution in [2.75, 3.05) is 25.1 Å². The maximum absolute atomic E-state index is 11.6. The summed E-state index contributed by atoms with van der Waals surface area (Å²) >= 11 is 0. The second kappa shape index (κ2) is 5.93. The van der Waals surface area contributed by atoms with Crippen LogP contribution in [0.4, 0.5) is 5.69 Å². The molecule has 2 rings (SSSR count). The van der Waals surface area contributed by atoms with Crippen molar-refractivity contribution in [2.45, 2.75) is 25.4 Å². The monoisotopic (exact) mass is 263 g/mol. The molecule has 0 aliphatic carbocycles. The molecule has 1 aromatic carbocycles. The van der Waals surface area contributed by atoms with E-state index >= 15 is 0 Å². The highest BCUT2D eigenvalue weighted by Gasteiger charge is 2.26. The predicted molar refractivity (Wildman–Crippen MR) is 75.4 cm³/mol. The number of rotatable bonds is 4. The van der Waals surface area contributed by atoms with E-state index in [1.165, 1.54) is 0 Å². The zero-order valence-corrected chi connectivity index (χ0v) is 11.4. The van der Waals surface area contributed by atoms with Gasteiger partial charge >= 0.3 is 0 Å². The summed E-state index contributed by atoms with van der Waals surface area (Å²) in [5.41, 5.74) is 6.63. The molecule has 3 N–H and O–H groups in total. The van der Waals surface area contributed by atoms with Gasteiger partial charge in [-0.05, 0) is 25.5 Å². The Bertz CT molecular complexity index is 448. The lowest BCUT2D eigenvalue weighted by molar-refractivity contribution is -0.122. The third-order valence-corrected chi connectivity index (χ3v) is 3.37. The number of para-hydroxylation sites is 2. The van der Waals surface area contributed by atoms with Gasteiger partial charge in [-0.25, -0.2) is 0 Å². The number of hydrogen-bond donors (Lipinski definition) is 2. The highest BCUT2D eigenvalue weighted by molar-refractivity contribution is 5.81. The van der Waals surface area contributed by atoms with Crippen LogP contribution in [0.2, 0.25) is 0 Å². The highest BCUT2D eigenvalue weighted by atomic mass is 16.5. The van der Waals surface area contributed by atoms with E-state index in [0.29, 0.717) is 0 Å². The van der Waals surface area contributed by atoms with E-state index in [-0.39, 0.29) is 11.9 Å². The molecule has 0 spiro atoms.